The summed E-state index contributed by atoms with van der Waals surface area (Å²) in [5.41, 5.74) is 1.05. The lowest BCUT2D eigenvalue weighted by atomic mass is 10.2. The Balaban J connectivity index is 1.56. The Bertz CT molecular complexity index is 1060. The topological polar surface area (TPSA) is 94.1 Å². The molecule has 0 aliphatic heterocycles. The minimum Gasteiger partial charge on any atom is -0.459 e. The molecule has 128 valence electrons. The van der Waals surface area contributed by atoms with E-state index < -0.39 is 0 Å². The summed E-state index contributed by atoms with van der Waals surface area (Å²) < 4.78 is 10.8. The second-order valence-corrected chi connectivity index (χ2v) is 5.72. The average molecular weight is 367 g/mol. The zero-order chi connectivity index (χ0) is 17.9. The molecule has 0 atom stereocenters. The Kier molecular flexibility index (Phi) is 4.20. The zero-order valence-corrected chi connectivity index (χ0v) is 14.0. The van der Waals surface area contributed by atoms with Gasteiger partial charge in [0.25, 0.3) is 11.8 Å². The number of benzene rings is 1. The Morgan fingerprint density at radius 3 is 2.73 bits per heavy atom. The number of amides is 1. The molecule has 26 heavy (non-hydrogen) atoms. The first-order valence-electron chi connectivity index (χ1n) is 7.60. The van der Waals surface area contributed by atoms with Gasteiger partial charge in [0.05, 0.1) is 6.26 Å². The van der Waals surface area contributed by atoms with Crippen LogP contribution in [0.2, 0.25) is 5.02 Å². The van der Waals surface area contributed by atoms with Gasteiger partial charge in [-0.05, 0) is 42.5 Å². The number of carbonyl (C=O) groups excluding carboxylic acids is 1. The van der Waals surface area contributed by atoms with Gasteiger partial charge in [-0.1, -0.05) is 17.7 Å². The summed E-state index contributed by atoms with van der Waals surface area (Å²) in [6.45, 7) is 0. The van der Waals surface area contributed by atoms with Gasteiger partial charge in [-0.25, -0.2) is 4.98 Å². The third-order valence-electron chi connectivity index (χ3n) is 3.49. The average Bonchev–Trinajstić information content (AvgIpc) is 3.33. The van der Waals surface area contributed by atoms with E-state index in [1.807, 2.05) is 0 Å². The maximum Gasteiger partial charge on any atom is 0.283 e. The van der Waals surface area contributed by atoms with Crippen LogP contribution in [0.15, 0.2) is 69.8 Å². The van der Waals surface area contributed by atoms with Crippen molar-refractivity contribution in [2.45, 2.75) is 0 Å². The van der Waals surface area contributed by atoms with E-state index in [1.54, 1.807) is 54.7 Å². The van der Waals surface area contributed by atoms with Crippen LogP contribution in [0.1, 0.15) is 10.4 Å². The molecule has 0 fully saturated rings. The Morgan fingerprint density at radius 1 is 1.04 bits per heavy atom. The number of furan rings is 1. The van der Waals surface area contributed by atoms with Gasteiger partial charge in [-0.15, -0.1) is 10.2 Å². The highest BCUT2D eigenvalue weighted by Crippen LogP contribution is 2.25. The molecular formula is C18H11ClN4O3. The van der Waals surface area contributed by atoms with Gasteiger partial charge < -0.3 is 14.2 Å². The lowest BCUT2D eigenvalue weighted by molar-refractivity contribution is 0.102. The smallest absolute Gasteiger partial charge is 0.283 e. The lowest BCUT2D eigenvalue weighted by Gasteiger charge is -2.05. The first-order valence-corrected chi connectivity index (χ1v) is 7.97. The van der Waals surface area contributed by atoms with Gasteiger partial charge in [0.1, 0.15) is 5.82 Å². The Hall–Kier alpha value is -3.45. The van der Waals surface area contributed by atoms with Crippen molar-refractivity contribution in [2.75, 3.05) is 5.32 Å². The number of rotatable bonds is 4. The molecule has 7 nitrogen and oxygen atoms in total. The van der Waals surface area contributed by atoms with E-state index in [-0.39, 0.29) is 17.7 Å². The highest BCUT2D eigenvalue weighted by molar-refractivity contribution is 6.31. The van der Waals surface area contributed by atoms with Crippen LogP contribution in [0.3, 0.4) is 0 Å². The van der Waals surface area contributed by atoms with Crippen LogP contribution in [0, 0.1) is 0 Å². The number of pyridine rings is 1. The highest BCUT2D eigenvalue weighted by Gasteiger charge is 2.14. The fourth-order valence-electron chi connectivity index (χ4n) is 2.29. The molecule has 0 bridgehead atoms. The second-order valence-electron chi connectivity index (χ2n) is 5.28. The van der Waals surface area contributed by atoms with Crippen molar-refractivity contribution in [1.29, 1.82) is 0 Å². The number of halogens is 1. The number of anilines is 1. The minimum absolute atomic E-state index is 0.270. The molecule has 1 N–H and O–H groups in total. The minimum atomic E-state index is -0.320. The third-order valence-corrected chi connectivity index (χ3v) is 3.73. The van der Waals surface area contributed by atoms with Crippen molar-refractivity contribution in [1.82, 2.24) is 15.2 Å². The van der Waals surface area contributed by atoms with Crippen molar-refractivity contribution in [3.05, 3.63) is 71.6 Å². The van der Waals surface area contributed by atoms with Gasteiger partial charge in [0.15, 0.2) is 5.76 Å². The molecule has 0 aliphatic carbocycles. The first-order chi connectivity index (χ1) is 12.7. The maximum atomic E-state index is 12.3. The number of carbonyl (C=O) groups is 1. The SMILES string of the molecule is O=C(Nc1cc(-c2nnc(-c3ccco3)o2)ccn1)c1cccc(Cl)c1. The van der Waals surface area contributed by atoms with Gasteiger partial charge in [-0.2, -0.15) is 0 Å². The normalized spacial score (nSPS) is 10.7. The molecule has 0 radical (unpaired) electrons. The summed E-state index contributed by atoms with van der Waals surface area (Å²) in [5, 5.41) is 11.1. The van der Waals surface area contributed by atoms with E-state index in [0.717, 1.165) is 0 Å². The van der Waals surface area contributed by atoms with Gasteiger partial charge in [0, 0.05) is 22.3 Å². The zero-order valence-electron chi connectivity index (χ0n) is 13.2. The number of hydrogen-bond acceptors (Lipinski definition) is 6. The fourth-order valence-corrected chi connectivity index (χ4v) is 2.48. The van der Waals surface area contributed by atoms with Crippen LogP contribution < -0.4 is 5.32 Å². The molecule has 0 aliphatic rings. The fraction of sp³-hybridized carbons (Fsp3) is 0. The third kappa shape index (κ3) is 3.33. The van der Waals surface area contributed by atoms with Crippen LogP contribution >= 0.6 is 11.6 Å². The largest absolute Gasteiger partial charge is 0.459 e. The molecule has 4 aromatic rings. The quantitative estimate of drug-likeness (QED) is 0.578. The van der Waals surface area contributed by atoms with Crippen LogP contribution in [0.5, 0.6) is 0 Å². The van der Waals surface area contributed by atoms with Crippen molar-refractivity contribution in [2.24, 2.45) is 0 Å². The summed E-state index contributed by atoms with van der Waals surface area (Å²) in [6, 6.07) is 13.4. The van der Waals surface area contributed by atoms with Crippen LogP contribution in [-0.2, 0) is 0 Å². The van der Waals surface area contributed by atoms with Crippen molar-refractivity contribution in [3.8, 4) is 23.1 Å². The summed E-state index contributed by atoms with van der Waals surface area (Å²) in [5.74, 6) is 1.07. The van der Waals surface area contributed by atoms with E-state index in [1.165, 1.54) is 6.26 Å². The number of hydrogen-bond donors (Lipinski definition) is 1. The second kappa shape index (κ2) is 6.81. The van der Waals surface area contributed by atoms with E-state index in [4.69, 9.17) is 20.4 Å². The maximum absolute atomic E-state index is 12.3. The molecule has 8 heteroatoms. The molecular weight excluding hydrogens is 356 g/mol. The van der Waals surface area contributed by atoms with Crippen molar-refractivity contribution in [3.63, 3.8) is 0 Å². The Labute approximate surface area is 152 Å². The summed E-state index contributed by atoms with van der Waals surface area (Å²) in [6.07, 6.45) is 3.06. The molecule has 3 aromatic heterocycles. The molecule has 3 heterocycles. The van der Waals surface area contributed by atoms with E-state index in [2.05, 4.69) is 20.5 Å². The van der Waals surface area contributed by atoms with E-state index in [9.17, 15) is 4.79 Å². The van der Waals surface area contributed by atoms with Gasteiger partial charge in [-0.3, -0.25) is 4.79 Å². The summed E-state index contributed by atoms with van der Waals surface area (Å²) in [4.78, 5) is 16.4. The van der Waals surface area contributed by atoms with Crippen molar-refractivity contribution < 1.29 is 13.6 Å². The van der Waals surface area contributed by atoms with Crippen LogP contribution in [-0.4, -0.2) is 21.1 Å². The van der Waals surface area contributed by atoms with Gasteiger partial charge in [0.2, 0.25) is 5.89 Å². The highest BCUT2D eigenvalue weighted by atomic mass is 35.5. The number of nitrogens with zero attached hydrogens (tertiary/aromatic N) is 3. The van der Waals surface area contributed by atoms with E-state index >= 15 is 0 Å². The van der Waals surface area contributed by atoms with Gasteiger partial charge >= 0.3 is 0 Å². The number of aromatic nitrogens is 3. The summed E-state index contributed by atoms with van der Waals surface area (Å²) in [7, 11) is 0. The molecule has 1 aromatic carbocycles. The number of nitrogens with one attached hydrogen (secondary N) is 1. The molecule has 0 saturated carbocycles. The molecule has 1 amide bonds. The molecule has 4 rings (SSSR count). The molecule has 0 unspecified atom stereocenters. The first kappa shape index (κ1) is 16.0. The van der Waals surface area contributed by atoms with Crippen LogP contribution in [0.25, 0.3) is 23.1 Å². The molecule has 0 saturated heterocycles. The molecule has 0 spiro atoms. The van der Waals surface area contributed by atoms with E-state index in [0.29, 0.717) is 27.7 Å². The summed E-state index contributed by atoms with van der Waals surface area (Å²) >= 11 is 5.91. The van der Waals surface area contributed by atoms with Crippen molar-refractivity contribution >= 4 is 23.3 Å². The standard InChI is InChI=1S/C18H11ClN4O3/c19-13-4-1-3-11(9-13)16(24)21-15-10-12(6-7-20-15)17-22-23-18(26-17)14-5-2-8-25-14/h1-10H,(H,20,21,24). The van der Waals surface area contributed by atoms with Crippen LogP contribution in [0.4, 0.5) is 5.82 Å². The Morgan fingerprint density at radius 2 is 1.92 bits per heavy atom. The monoisotopic (exact) mass is 366 g/mol. The lowest BCUT2D eigenvalue weighted by Crippen LogP contribution is -2.12. The predicted octanol–water partition coefficient (Wildman–Crippen LogP) is 4.30. The predicted molar refractivity (Wildman–Crippen MR) is 94.6 cm³/mol.